The molecule has 0 saturated carbocycles. The Morgan fingerprint density at radius 1 is 1.19 bits per heavy atom. The number of fused-ring (bicyclic) bond motifs is 1. The van der Waals surface area contributed by atoms with E-state index in [1.807, 2.05) is 31.2 Å². The number of thiazole rings is 1. The molecule has 0 saturated heterocycles. The lowest BCUT2D eigenvalue weighted by atomic mass is 10.2. The van der Waals surface area contributed by atoms with Crippen LogP contribution in [0.15, 0.2) is 53.3 Å². The van der Waals surface area contributed by atoms with Crippen molar-refractivity contribution in [2.75, 3.05) is 6.61 Å². The molecule has 0 fully saturated rings. The molecule has 2 aromatic heterocycles. The van der Waals surface area contributed by atoms with Gasteiger partial charge in [-0.3, -0.25) is 4.79 Å². The summed E-state index contributed by atoms with van der Waals surface area (Å²) in [6.07, 6.45) is 1.52. The van der Waals surface area contributed by atoms with Crippen molar-refractivity contribution in [1.29, 1.82) is 0 Å². The lowest BCUT2D eigenvalue weighted by molar-refractivity contribution is 0.340. The Labute approximate surface area is 152 Å². The Balaban J connectivity index is 1.74. The molecule has 7 heteroatoms. The summed E-state index contributed by atoms with van der Waals surface area (Å²) in [4.78, 5) is 17.4. The van der Waals surface area contributed by atoms with Crippen LogP contribution in [0.25, 0.3) is 22.4 Å². The highest BCUT2D eigenvalue weighted by molar-refractivity contribution is 7.15. The lowest BCUT2D eigenvalue weighted by Crippen LogP contribution is -2.23. The van der Waals surface area contributed by atoms with Gasteiger partial charge in [0.15, 0.2) is 5.82 Å². The number of rotatable bonds is 4. The number of nitrogens with zero attached hydrogens (tertiary/aromatic N) is 3. The minimum atomic E-state index is -0.374. The van der Waals surface area contributed by atoms with Crippen LogP contribution in [0.5, 0.6) is 5.75 Å². The molecular weight excluding hydrogens is 353 g/mol. The van der Waals surface area contributed by atoms with Gasteiger partial charge in [0.05, 0.1) is 11.1 Å². The van der Waals surface area contributed by atoms with Crippen molar-refractivity contribution in [3.05, 3.63) is 74.8 Å². The predicted molar refractivity (Wildman–Crippen MR) is 98.9 cm³/mol. The standard InChI is InChI=1S/C19H14FN3O2S/c1-2-25-14-9-7-12(8-10-14)17-21-19-23(22-17)18(24)16(26-19)11-13-5-3-4-6-15(13)20/h3-11H,2H2,1H3/b16-11+. The Bertz CT molecular complexity index is 1180. The summed E-state index contributed by atoms with van der Waals surface area (Å²) < 4.78 is 20.8. The van der Waals surface area contributed by atoms with Gasteiger partial charge in [0, 0.05) is 11.1 Å². The first-order valence-corrected chi connectivity index (χ1v) is 8.86. The molecule has 0 N–H and O–H groups in total. The number of hydrogen-bond acceptors (Lipinski definition) is 5. The summed E-state index contributed by atoms with van der Waals surface area (Å²) in [7, 11) is 0. The monoisotopic (exact) mass is 367 g/mol. The maximum atomic E-state index is 13.8. The first kappa shape index (κ1) is 16.4. The van der Waals surface area contributed by atoms with Gasteiger partial charge in [-0.25, -0.2) is 4.39 Å². The van der Waals surface area contributed by atoms with Gasteiger partial charge in [-0.1, -0.05) is 29.5 Å². The van der Waals surface area contributed by atoms with Gasteiger partial charge in [-0.05, 0) is 43.3 Å². The number of halogens is 1. The highest BCUT2D eigenvalue weighted by Gasteiger charge is 2.12. The molecule has 0 aliphatic heterocycles. The van der Waals surface area contributed by atoms with Crippen molar-refractivity contribution >= 4 is 22.4 Å². The Morgan fingerprint density at radius 2 is 1.96 bits per heavy atom. The van der Waals surface area contributed by atoms with Gasteiger partial charge in [0.1, 0.15) is 11.6 Å². The molecule has 0 unspecified atom stereocenters. The second kappa shape index (κ2) is 6.68. The van der Waals surface area contributed by atoms with E-state index in [9.17, 15) is 9.18 Å². The Hall–Kier alpha value is -3.06. The molecule has 0 amide bonds. The van der Waals surface area contributed by atoms with Crippen molar-refractivity contribution in [2.45, 2.75) is 6.92 Å². The van der Waals surface area contributed by atoms with E-state index in [2.05, 4.69) is 10.1 Å². The molecule has 0 radical (unpaired) electrons. The molecule has 4 rings (SSSR count). The molecule has 0 aliphatic carbocycles. The number of aromatic nitrogens is 3. The van der Waals surface area contributed by atoms with Crippen LogP contribution in [-0.2, 0) is 0 Å². The third-order valence-corrected chi connectivity index (χ3v) is 4.76. The molecule has 26 heavy (non-hydrogen) atoms. The maximum absolute atomic E-state index is 13.8. The zero-order chi connectivity index (χ0) is 18.1. The van der Waals surface area contributed by atoms with Crippen LogP contribution < -0.4 is 14.8 Å². The van der Waals surface area contributed by atoms with E-state index in [1.165, 1.54) is 28.0 Å². The van der Waals surface area contributed by atoms with Crippen LogP contribution in [0.4, 0.5) is 4.39 Å². The van der Waals surface area contributed by atoms with Crippen LogP contribution in [0.2, 0.25) is 0 Å². The quantitative estimate of drug-likeness (QED) is 0.557. The van der Waals surface area contributed by atoms with E-state index in [1.54, 1.807) is 18.2 Å². The van der Waals surface area contributed by atoms with Crippen molar-refractivity contribution in [2.24, 2.45) is 0 Å². The van der Waals surface area contributed by atoms with Crippen LogP contribution >= 0.6 is 11.3 Å². The maximum Gasteiger partial charge on any atom is 0.291 e. The summed E-state index contributed by atoms with van der Waals surface area (Å²) in [5.74, 6) is 0.860. The molecule has 0 aliphatic rings. The fraction of sp³-hybridized carbons (Fsp3) is 0.105. The average Bonchev–Trinajstić information content (AvgIpc) is 3.18. The minimum Gasteiger partial charge on any atom is -0.494 e. The first-order chi connectivity index (χ1) is 12.7. The van der Waals surface area contributed by atoms with Crippen LogP contribution in [0.3, 0.4) is 0 Å². The van der Waals surface area contributed by atoms with Crippen molar-refractivity contribution < 1.29 is 9.13 Å². The highest BCUT2D eigenvalue weighted by atomic mass is 32.1. The van der Waals surface area contributed by atoms with Crippen LogP contribution in [0, 0.1) is 5.82 Å². The molecule has 2 heterocycles. The van der Waals surface area contributed by atoms with Gasteiger partial charge in [-0.15, -0.1) is 5.10 Å². The first-order valence-electron chi connectivity index (χ1n) is 8.05. The average molecular weight is 367 g/mol. The molecule has 4 aromatic rings. The highest BCUT2D eigenvalue weighted by Crippen LogP contribution is 2.20. The van der Waals surface area contributed by atoms with Crippen molar-refractivity contribution in [3.8, 4) is 17.1 Å². The van der Waals surface area contributed by atoms with Gasteiger partial charge >= 0.3 is 0 Å². The SMILES string of the molecule is CCOc1ccc(-c2nc3s/c(=C/c4ccccc4F)c(=O)n3n2)cc1. The summed E-state index contributed by atoms with van der Waals surface area (Å²) >= 11 is 1.18. The Morgan fingerprint density at radius 3 is 2.65 bits per heavy atom. The van der Waals surface area contributed by atoms with E-state index in [0.717, 1.165) is 11.3 Å². The summed E-state index contributed by atoms with van der Waals surface area (Å²) in [6.45, 7) is 2.52. The van der Waals surface area contributed by atoms with E-state index >= 15 is 0 Å². The molecule has 0 atom stereocenters. The topological polar surface area (TPSA) is 56.5 Å². The zero-order valence-electron chi connectivity index (χ0n) is 13.8. The zero-order valence-corrected chi connectivity index (χ0v) is 14.7. The van der Waals surface area contributed by atoms with Gasteiger partial charge in [0.25, 0.3) is 5.56 Å². The third kappa shape index (κ3) is 2.97. The van der Waals surface area contributed by atoms with E-state index in [4.69, 9.17) is 4.74 Å². The molecule has 2 aromatic carbocycles. The van der Waals surface area contributed by atoms with E-state index in [-0.39, 0.29) is 11.4 Å². The minimum absolute atomic E-state index is 0.307. The second-order valence-corrected chi connectivity index (χ2v) is 6.53. The molecule has 130 valence electrons. The number of benzene rings is 2. The van der Waals surface area contributed by atoms with Gasteiger partial charge < -0.3 is 4.74 Å². The molecular formula is C19H14FN3O2S. The van der Waals surface area contributed by atoms with Crippen molar-refractivity contribution in [1.82, 2.24) is 14.6 Å². The Kier molecular flexibility index (Phi) is 4.22. The third-order valence-electron chi connectivity index (χ3n) is 3.80. The van der Waals surface area contributed by atoms with Gasteiger partial charge in [0.2, 0.25) is 4.96 Å². The lowest BCUT2D eigenvalue weighted by Gasteiger charge is -2.02. The van der Waals surface area contributed by atoms with Gasteiger partial charge in [-0.2, -0.15) is 9.50 Å². The number of hydrogen-bond donors (Lipinski definition) is 0. The molecule has 5 nitrogen and oxygen atoms in total. The summed E-state index contributed by atoms with van der Waals surface area (Å²) in [6, 6.07) is 13.7. The largest absolute Gasteiger partial charge is 0.494 e. The van der Waals surface area contributed by atoms with E-state index < -0.39 is 0 Å². The normalized spacial score (nSPS) is 12.0. The molecule has 0 bridgehead atoms. The van der Waals surface area contributed by atoms with E-state index in [0.29, 0.717) is 27.5 Å². The predicted octanol–water partition coefficient (Wildman–Crippen LogP) is 2.90. The second-order valence-electron chi connectivity index (χ2n) is 5.52. The smallest absolute Gasteiger partial charge is 0.291 e. The summed E-state index contributed by atoms with van der Waals surface area (Å²) in [5.41, 5.74) is 0.849. The number of ether oxygens (including phenoxy) is 1. The van der Waals surface area contributed by atoms with Crippen molar-refractivity contribution in [3.63, 3.8) is 0 Å². The van der Waals surface area contributed by atoms with Crippen LogP contribution in [-0.4, -0.2) is 21.2 Å². The summed E-state index contributed by atoms with van der Waals surface area (Å²) in [5, 5.41) is 4.29. The fourth-order valence-electron chi connectivity index (χ4n) is 2.56. The van der Waals surface area contributed by atoms with Crippen LogP contribution in [0.1, 0.15) is 12.5 Å². The molecule has 0 spiro atoms. The fourth-order valence-corrected chi connectivity index (χ4v) is 3.45.